The summed E-state index contributed by atoms with van der Waals surface area (Å²) in [6.45, 7) is 2.11. The summed E-state index contributed by atoms with van der Waals surface area (Å²) in [6.07, 6.45) is 0.446. The second-order valence-electron chi connectivity index (χ2n) is 5.81. The number of alkyl halides is 3. The van der Waals surface area contributed by atoms with Crippen molar-refractivity contribution >= 4 is 23.3 Å². The number of fused-ring (bicyclic) bond motifs is 1. The lowest BCUT2D eigenvalue weighted by Gasteiger charge is -2.21. The maximum atomic E-state index is 12.8. The van der Waals surface area contributed by atoms with Crippen molar-refractivity contribution in [3.05, 3.63) is 28.5 Å². The van der Waals surface area contributed by atoms with Crippen molar-refractivity contribution in [3.8, 4) is 0 Å². The molecule has 0 aliphatic heterocycles. The van der Waals surface area contributed by atoms with Crippen LogP contribution in [0, 0.1) is 10.7 Å². The number of aromatic amines is 1. The number of nitrogens with zero attached hydrogens (tertiary/aromatic N) is 1. The monoisotopic (exact) mass is 314 g/mol. The van der Waals surface area contributed by atoms with Crippen LogP contribution in [0.1, 0.15) is 44.2 Å². The molecule has 2 aromatic rings. The van der Waals surface area contributed by atoms with Crippen LogP contribution in [0.4, 0.5) is 13.2 Å². The number of nitrogens with one attached hydrogen (secondary N) is 1. The quantitative estimate of drug-likeness (QED) is 0.729. The first-order chi connectivity index (χ1) is 9.88. The average molecular weight is 314 g/mol. The third-order valence-electron chi connectivity index (χ3n) is 4.53. The largest absolute Gasteiger partial charge is 0.416 e. The van der Waals surface area contributed by atoms with E-state index in [1.807, 2.05) is 4.57 Å². The van der Waals surface area contributed by atoms with E-state index < -0.39 is 11.7 Å². The third kappa shape index (κ3) is 2.61. The van der Waals surface area contributed by atoms with E-state index in [1.165, 1.54) is 18.9 Å². The fourth-order valence-corrected chi connectivity index (χ4v) is 3.74. The SMILES string of the molecule is CC(C1CCCC1)n1c(=S)[nH]c2cc(C(F)(F)F)ccc21. The molecule has 6 heteroatoms. The fourth-order valence-electron chi connectivity index (χ4n) is 3.36. The van der Waals surface area contributed by atoms with Crippen LogP contribution in [0.2, 0.25) is 0 Å². The molecule has 1 heterocycles. The maximum Gasteiger partial charge on any atom is 0.416 e. The van der Waals surface area contributed by atoms with Crippen LogP contribution in [0.5, 0.6) is 0 Å². The van der Waals surface area contributed by atoms with E-state index in [4.69, 9.17) is 12.2 Å². The van der Waals surface area contributed by atoms with Crippen molar-refractivity contribution in [3.63, 3.8) is 0 Å². The zero-order chi connectivity index (χ0) is 15.2. The number of H-pyrrole nitrogens is 1. The first-order valence-electron chi connectivity index (χ1n) is 7.19. The van der Waals surface area contributed by atoms with E-state index in [0.29, 0.717) is 16.2 Å². The van der Waals surface area contributed by atoms with E-state index >= 15 is 0 Å². The minimum atomic E-state index is -4.33. The Labute approximate surface area is 126 Å². The molecule has 0 spiro atoms. The average Bonchev–Trinajstić information content (AvgIpc) is 3.02. The molecule has 1 N–H and O–H groups in total. The zero-order valence-electron chi connectivity index (χ0n) is 11.7. The summed E-state index contributed by atoms with van der Waals surface area (Å²) in [5.74, 6) is 0.554. The summed E-state index contributed by atoms with van der Waals surface area (Å²) in [5.41, 5.74) is 0.569. The van der Waals surface area contributed by atoms with Gasteiger partial charge in [0.05, 0.1) is 16.6 Å². The Morgan fingerprint density at radius 1 is 1.29 bits per heavy atom. The number of hydrogen-bond donors (Lipinski definition) is 1. The van der Waals surface area contributed by atoms with Crippen LogP contribution in [0.15, 0.2) is 18.2 Å². The van der Waals surface area contributed by atoms with Gasteiger partial charge in [-0.1, -0.05) is 12.8 Å². The topological polar surface area (TPSA) is 20.7 Å². The van der Waals surface area contributed by atoms with E-state index in [-0.39, 0.29) is 6.04 Å². The fraction of sp³-hybridized carbons (Fsp3) is 0.533. The van der Waals surface area contributed by atoms with E-state index in [0.717, 1.165) is 30.5 Å². The number of rotatable bonds is 2. The lowest BCUT2D eigenvalue weighted by Crippen LogP contribution is -2.14. The van der Waals surface area contributed by atoms with Crippen LogP contribution in [-0.4, -0.2) is 9.55 Å². The van der Waals surface area contributed by atoms with Crippen LogP contribution >= 0.6 is 12.2 Å². The van der Waals surface area contributed by atoms with Crippen LogP contribution in [0.3, 0.4) is 0 Å². The van der Waals surface area contributed by atoms with Gasteiger partial charge in [-0.15, -0.1) is 0 Å². The van der Waals surface area contributed by atoms with Gasteiger partial charge in [-0.05, 0) is 56.1 Å². The highest BCUT2D eigenvalue weighted by Crippen LogP contribution is 2.37. The lowest BCUT2D eigenvalue weighted by atomic mass is 9.99. The van der Waals surface area contributed by atoms with Crippen molar-refractivity contribution in [2.45, 2.75) is 44.8 Å². The molecule has 114 valence electrons. The minimum absolute atomic E-state index is 0.213. The Balaban J connectivity index is 2.07. The standard InChI is InChI=1S/C15H17F3N2S/c1-9(10-4-2-3-5-10)20-13-7-6-11(15(16,17)18)8-12(13)19-14(20)21/h6-10H,2-5H2,1H3,(H,19,21). The molecular weight excluding hydrogens is 297 g/mol. The molecule has 2 nitrogen and oxygen atoms in total. The van der Waals surface area contributed by atoms with Crippen LogP contribution < -0.4 is 0 Å². The van der Waals surface area contributed by atoms with Crippen molar-refractivity contribution < 1.29 is 13.2 Å². The molecule has 0 radical (unpaired) electrons. The van der Waals surface area contributed by atoms with Gasteiger partial charge in [0, 0.05) is 6.04 Å². The van der Waals surface area contributed by atoms with E-state index in [2.05, 4.69) is 11.9 Å². The van der Waals surface area contributed by atoms with Gasteiger partial charge in [-0.25, -0.2) is 0 Å². The van der Waals surface area contributed by atoms with Crippen molar-refractivity contribution in [1.29, 1.82) is 0 Å². The molecule has 1 aromatic carbocycles. The molecule has 1 fully saturated rings. The molecule has 1 aliphatic carbocycles. The Morgan fingerprint density at radius 3 is 2.57 bits per heavy atom. The Kier molecular flexibility index (Phi) is 3.59. The smallest absolute Gasteiger partial charge is 0.331 e. The molecular formula is C15H17F3N2S. The minimum Gasteiger partial charge on any atom is -0.331 e. The number of aromatic nitrogens is 2. The van der Waals surface area contributed by atoms with Crippen molar-refractivity contribution in [2.24, 2.45) is 5.92 Å². The Hall–Kier alpha value is -1.30. The molecule has 0 amide bonds. The highest BCUT2D eigenvalue weighted by molar-refractivity contribution is 7.71. The molecule has 1 aliphatic rings. The maximum absolute atomic E-state index is 12.8. The predicted molar refractivity (Wildman–Crippen MR) is 78.8 cm³/mol. The number of halogens is 3. The Bertz CT molecular complexity index is 708. The van der Waals surface area contributed by atoms with E-state index in [9.17, 15) is 13.2 Å². The highest BCUT2D eigenvalue weighted by Gasteiger charge is 2.31. The lowest BCUT2D eigenvalue weighted by molar-refractivity contribution is -0.137. The zero-order valence-corrected chi connectivity index (χ0v) is 12.5. The van der Waals surface area contributed by atoms with Gasteiger partial charge in [0.25, 0.3) is 0 Å². The third-order valence-corrected chi connectivity index (χ3v) is 4.83. The van der Waals surface area contributed by atoms with Gasteiger partial charge < -0.3 is 9.55 Å². The summed E-state index contributed by atoms with van der Waals surface area (Å²) in [7, 11) is 0. The van der Waals surface area contributed by atoms with Crippen LogP contribution in [-0.2, 0) is 6.18 Å². The normalized spacial score (nSPS) is 18.5. The second kappa shape index (κ2) is 5.16. The van der Waals surface area contributed by atoms with Gasteiger partial charge in [-0.2, -0.15) is 13.2 Å². The summed E-state index contributed by atoms with van der Waals surface area (Å²) >= 11 is 5.33. The molecule has 1 saturated carbocycles. The van der Waals surface area contributed by atoms with Crippen molar-refractivity contribution in [2.75, 3.05) is 0 Å². The Morgan fingerprint density at radius 2 is 1.95 bits per heavy atom. The molecule has 0 bridgehead atoms. The van der Waals surface area contributed by atoms with E-state index in [1.54, 1.807) is 0 Å². The van der Waals surface area contributed by atoms with Crippen LogP contribution in [0.25, 0.3) is 11.0 Å². The number of imidazole rings is 1. The van der Waals surface area contributed by atoms with Gasteiger partial charge >= 0.3 is 6.18 Å². The summed E-state index contributed by atoms with van der Waals surface area (Å²) in [6, 6.07) is 4.01. The molecule has 21 heavy (non-hydrogen) atoms. The molecule has 0 saturated heterocycles. The first-order valence-corrected chi connectivity index (χ1v) is 7.60. The number of benzene rings is 1. The van der Waals surface area contributed by atoms with Gasteiger partial charge in [0.2, 0.25) is 0 Å². The molecule has 3 rings (SSSR count). The van der Waals surface area contributed by atoms with Gasteiger partial charge in [-0.3, -0.25) is 0 Å². The number of hydrogen-bond acceptors (Lipinski definition) is 1. The van der Waals surface area contributed by atoms with Gasteiger partial charge in [0.1, 0.15) is 0 Å². The molecule has 1 unspecified atom stereocenters. The predicted octanol–water partition coefficient (Wildman–Crippen LogP) is 5.47. The second-order valence-corrected chi connectivity index (χ2v) is 6.20. The molecule has 1 atom stereocenters. The summed E-state index contributed by atoms with van der Waals surface area (Å²) in [5, 5.41) is 0. The molecule has 1 aromatic heterocycles. The highest BCUT2D eigenvalue weighted by atomic mass is 32.1. The summed E-state index contributed by atoms with van der Waals surface area (Å²) < 4.78 is 40.8. The van der Waals surface area contributed by atoms with Crippen molar-refractivity contribution in [1.82, 2.24) is 9.55 Å². The summed E-state index contributed by atoms with van der Waals surface area (Å²) in [4.78, 5) is 2.92. The first kappa shape index (κ1) is 14.6. The van der Waals surface area contributed by atoms with Gasteiger partial charge in [0.15, 0.2) is 4.77 Å².